The molecule has 5 heteroatoms. The van der Waals surface area contributed by atoms with Crippen molar-refractivity contribution in [2.75, 3.05) is 18.4 Å². The van der Waals surface area contributed by atoms with E-state index in [0.717, 1.165) is 37.3 Å². The van der Waals surface area contributed by atoms with Crippen LogP contribution < -0.4 is 16.2 Å². The van der Waals surface area contributed by atoms with Gasteiger partial charge in [-0.05, 0) is 36.6 Å². The summed E-state index contributed by atoms with van der Waals surface area (Å²) in [7, 11) is 0. The summed E-state index contributed by atoms with van der Waals surface area (Å²) in [4.78, 5) is 25.0. The summed E-state index contributed by atoms with van der Waals surface area (Å²) in [5.74, 6) is 0.750. The molecule has 1 aromatic heterocycles. The van der Waals surface area contributed by atoms with Gasteiger partial charge in [0.1, 0.15) is 5.69 Å². The van der Waals surface area contributed by atoms with Crippen LogP contribution in [0.2, 0.25) is 0 Å². The molecule has 1 amide bonds. The van der Waals surface area contributed by atoms with Crippen LogP contribution in [0.3, 0.4) is 0 Å². The highest BCUT2D eigenvalue weighted by Crippen LogP contribution is 2.32. The predicted molar refractivity (Wildman–Crippen MR) is 93.2 cm³/mol. The number of aromatic nitrogens is 1. The molecule has 24 heavy (non-hydrogen) atoms. The van der Waals surface area contributed by atoms with Crippen molar-refractivity contribution in [2.45, 2.75) is 25.3 Å². The Labute approximate surface area is 140 Å². The van der Waals surface area contributed by atoms with E-state index in [1.165, 1.54) is 0 Å². The van der Waals surface area contributed by atoms with E-state index in [2.05, 4.69) is 10.6 Å². The van der Waals surface area contributed by atoms with Crippen molar-refractivity contribution < 1.29 is 4.79 Å². The molecule has 4 rings (SSSR count). The van der Waals surface area contributed by atoms with Gasteiger partial charge in [0, 0.05) is 24.7 Å². The molecule has 0 aliphatic carbocycles. The molecule has 2 bridgehead atoms. The molecule has 124 valence electrons. The Morgan fingerprint density at radius 3 is 2.83 bits per heavy atom. The Kier molecular flexibility index (Phi) is 3.94. The second kappa shape index (κ2) is 6.24. The number of benzene rings is 1. The number of amides is 1. The molecule has 2 atom stereocenters. The van der Waals surface area contributed by atoms with Crippen LogP contribution in [0.25, 0.3) is 0 Å². The van der Waals surface area contributed by atoms with E-state index < -0.39 is 0 Å². The van der Waals surface area contributed by atoms with Crippen molar-refractivity contribution in [3.63, 3.8) is 0 Å². The van der Waals surface area contributed by atoms with Crippen molar-refractivity contribution in [1.29, 1.82) is 0 Å². The van der Waals surface area contributed by atoms with E-state index in [4.69, 9.17) is 0 Å². The predicted octanol–water partition coefficient (Wildman–Crippen LogP) is 1.74. The van der Waals surface area contributed by atoms with Gasteiger partial charge in [0.15, 0.2) is 0 Å². The number of hydrogen-bond acceptors (Lipinski definition) is 3. The van der Waals surface area contributed by atoms with Crippen molar-refractivity contribution in [3.8, 4) is 0 Å². The van der Waals surface area contributed by atoms with Crippen LogP contribution in [0, 0.1) is 5.92 Å². The van der Waals surface area contributed by atoms with E-state index in [9.17, 15) is 9.59 Å². The molecular formula is C19H21N3O2. The van der Waals surface area contributed by atoms with Crippen molar-refractivity contribution >= 4 is 11.6 Å². The quantitative estimate of drug-likeness (QED) is 0.904. The van der Waals surface area contributed by atoms with E-state index >= 15 is 0 Å². The molecule has 1 fully saturated rings. The lowest BCUT2D eigenvalue weighted by molar-refractivity contribution is -0.115. The van der Waals surface area contributed by atoms with Crippen molar-refractivity contribution in [3.05, 3.63) is 64.1 Å². The molecule has 0 unspecified atom stereocenters. The van der Waals surface area contributed by atoms with E-state index in [1.54, 1.807) is 6.07 Å². The number of hydrogen-bond donors (Lipinski definition) is 2. The molecule has 5 nitrogen and oxygen atoms in total. The Balaban J connectivity index is 1.55. The van der Waals surface area contributed by atoms with Gasteiger partial charge < -0.3 is 15.2 Å². The topological polar surface area (TPSA) is 63.1 Å². The third-order valence-electron chi connectivity index (χ3n) is 4.99. The van der Waals surface area contributed by atoms with Gasteiger partial charge in [-0.1, -0.05) is 30.3 Å². The van der Waals surface area contributed by atoms with E-state index in [0.29, 0.717) is 17.5 Å². The number of carbonyl (C=O) groups is 1. The molecule has 0 spiro atoms. The lowest BCUT2D eigenvalue weighted by atomic mass is 9.84. The number of nitrogens with one attached hydrogen (secondary N) is 2. The summed E-state index contributed by atoms with van der Waals surface area (Å²) in [5, 5.41) is 6.22. The van der Waals surface area contributed by atoms with E-state index in [-0.39, 0.29) is 17.9 Å². The molecule has 0 saturated carbocycles. The standard InChI is InChI=1S/C19H21N3O2/c23-18(9-13-4-2-1-3-5-13)21-16-6-7-17-15-8-14(10-20-11-15)12-22(17)19(16)24/h1-7,14-15,20H,8-12H2,(H,21,23)/t14-,15-/m1/s1. The van der Waals surface area contributed by atoms with Gasteiger partial charge in [-0.25, -0.2) is 0 Å². The fraction of sp³-hybridized carbons (Fsp3) is 0.368. The van der Waals surface area contributed by atoms with Crippen LogP contribution in [-0.2, 0) is 17.8 Å². The molecule has 2 aliphatic rings. The fourth-order valence-corrected chi connectivity index (χ4v) is 3.86. The first-order valence-corrected chi connectivity index (χ1v) is 8.49. The molecule has 2 aromatic rings. The normalized spacial score (nSPS) is 21.8. The van der Waals surface area contributed by atoms with Crippen molar-refractivity contribution in [2.24, 2.45) is 5.92 Å². The van der Waals surface area contributed by atoms with Crippen LogP contribution in [0.1, 0.15) is 23.6 Å². The molecule has 2 aliphatic heterocycles. The van der Waals surface area contributed by atoms with Crippen LogP contribution in [0.15, 0.2) is 47.3 Å². The summed E-state index contributed by atoms with van der Waals surface area (Å²) in [5.41, 5.74) is 2.33. The number of pyridine rings is 1. The largest absolute Gasteiger partial charge is 0.321 e. The Bertz CT molecular complexity index is 813. The van der Waals surface area contributed by atoms with Gasteiger partial charge in [0.25, 0.3) is 5.56 Å². The number of anilines is 1. The highest BCUT2D eigenvalue weighted by Gasteiger charge is 2.31. The zero-order chi connectivity index (χ0) is 16.5. The number of piperidine rings is 1. The Hall–Kier alpha value is -2.40. The number of nitrogens with zero attached hydrogens (tertiary/aromatic N) is 1. The average molecular weight is 323 g/mol. The SMILES string of the molecule is O=C(Cc1ccccc1)Nc1ccc2n(c1=O)C[C@H]1CNC[C@H]2C1. The minimum Gasteiger partial charge on any atom is -0.321 e. The summed E-state index contributed by atoms with van der Waals surface area (Å²) < 4.78 is 1.86. The highest BCUT2D eigenvalue weighted by atomic mass is 16.2. The second-order valence-corrected chi connectivity index (χ2v) is 6.76. The smallest absolute Gasteiger partial charge is 0.274 e. The maximum absolute atomic E-state index is 12.8. The first-order chi connectivity index (χ1) is 11.7. The summed E-state index contributed by atoms with van der Waals surface area (Å²) in [6.07, 6.45) is 1.42. The molecule has 1 aromatic carbocycles. The summed E-state index contributed by atoms with van der Waals surface area (Å²) >= 11 is 0. The first kappa shape index (κ1) is 15.1. The Morgan fingerprint density at radius 1 is 1.17 bits per heavy atom. The first-order valence-electron chi connectivity index (χ1n) is 8.49. The van der Waals surface area contributed by atoms with Gasteiger partial charge in [0.05, 0.1) is 6.42 Å². The van der Waals surface area contributed by atoms with Crippen LogP contribution in [0.4, 0.5) is 5.69 Å². The zero-order valence-electron chi connectivity index (χ0n) is 13.5. The molecule has 3 heterocycles. The lowest BCUT2D eigenvalue weighted by Gasteiger charge is -2.37. The number of rotatable bonds is 3. The highest BCUT2D eigenvalue weighted by molar-refractivity contribution is 5.92. The molecule has 2 N–H and O–H groups in total. The van der Waals surface area contributed by atoms with Gasteiger partial charge >= 0.3 is 0 Å². The minimum atomic E-state index is -0.156. The van der Waals surface area contributed by atoms with Crippen molar-refractivity contribution in [1.82, 2.24) is 9.88 Å². The van der Waals surface area contributed by atoms with Gasteiger partial charge in [-0.2, -0.15) is 0 Å². The maximum Gasteiger partial charge on any atom is 0.274 e. The molecule has 0 radical (unpaired) electrons. The summed E-state index contributed by atoms with van der Waals surface area (Å²) in [6, 6.07) is 13.3. The zero-order valence-corrected chi connectivity index (χ0v) is 13.5. The van der Waals surface area contributed by atoms with Gasteiger partial charge in [0.2, 0.25) is 5.91 Å². The lowest BCUT2D eigenvalue weighted by Crippen LogP contribution is -2.45. The van der Waals surface area contributed by atoms with Crippen LogP contribution in [-0.4, -0.2) is 23.6 Å². The number of carbonyl (C=O) groups excluding carboxylic acids is 1. The Morgan fingerprint density at radius 2 is 2.00 bits per heavy atom. The third-order valence-corrected chi connectivity index (χ3v) is 4.99. The molecular weight excluding hydrogens is 302 g/mol. The third kappa shape index (κ3) is 2.87. The summed E-state index contributed by atoms with van der Waals surface area (Å²) in [6.45, 7) is 2.63. The monoisotopic (exact) mass is 323 g/mol. The molecule has 1 saturated heterocycles. The second-order valence-electron chi connectivity index (χ2n) is 6.76. The number of fused-ring (bicyclic) bond motifs is 4. The minimum absolute atomic E-state index is 0.0782. The average Bonchev–Trinajstić information content (AvgIpc) is 2.59. The van der Waals surface area contributed by atoms with Crippen LogP contribution >= 0.6 is 0 Å². The fourth-order valence-electron chi connectivity index (χ4n) is 3.86. The maximum atomic E-state index is 12.8. The van der Waals surface area contributed by atoms with Crippen LogP contribution in [0.5, 0.6) is 0 Å². The van der Waals surface area contributed by atoms with Gasteiger partial charge in [-0.15, -0.1) is 0 Å². The van der Waals surface area contributed by atoms with E-state index in [1.807, 2.05) is 41.0 Å². The van der Waals surface area contributed by atoms with Gasteiger partial charge in [-0.3, -0.25) is 9.59 Å².